The van der Waals surface area contributed by atoms with Crippen molar-refractivity contribution in [3.63, 3.8) is 0 Å². The first-order chi connectivity index (χ1) is 5.20. The van der Waals surface area contributed by atoms with Gasteiger partial charge in [-0.05, 0) is 33.2 Å². The Morgan fingerprint density at radius 3 is 2.82 bits per heavy atom. The SMILES string of the molecule is CC(C)OC(=O)C1CCCN1. The van der Waals surface area contributed by atoms with Gasteiger partial charge in [-0.15, -0.1) is 0 Å². The molecule has 3 heteroatoms. The minimum Gasteiger partial charge on any atom is -0.462 e. The van der Waals surface area contributed by atoms with Gasteiger partial charge in [0.1, 0.15) is 6.04 Å². The van der Waals surface area contributed by atoms with Crippen LogP contribution < -0.4 is 5.32 Å². The van der Waals surface area contributed by atoms with Crippen molar-refractivity contribution in [2.45, 2.75) is 38.8 Å². The molecule has 11 heavy (non-hydrogen) atoms. The molecule has 1 rings (SSSR count). The van der Waals surface area contributed by atoms with E-state index in [1.807, 2.05) is 13.8 Å². The van der Waals surface area contributed by atoms with Crippen LogP contribution in [0.25, 0.3) is 0 Å². The van der Waals surface area contributed by atoms with Crippen LogP contribution in [0.1, 0.15) is 26.7 Å². The van der Waals surface area contributed by atoms with Gasteiger partial charge in [-0.25, -0.2) is 0 Å². The topological polar surface area (TPSA) is 38.3 Å². The zero-order valence-corrected chi connectivity index (χ0v) is 7.09. The molecule has 64 valence electrons. The van der Waals surface area contributed by atoms with E-state index in [-0.39, 0.29) is 18.1 Å². The maximum absolute atomic E-state index is 11.2. The molecular weight excluding hydrogens is 142 g/mol. The third kappa shape index (κ3) is 2.50. The Bertz CT molecular complexity index is 139. The Balaban J connectivity index is 2.28. The fourth-order valence-electron chi connectivity index (χ4n) is 1.20. The van der Waals surface area contributed by atoms with Gasteiger partial charge in [0.2, 0.25) is 0 Å². The van der Waals surface area contributed by atoms with E-state index >= 15 is 0 Å². The molecule has 1 N–H and O–H groups in total. The number of carbonyl (C=O) groups excluding carboxylic acids is 1. The monoisotopic (exact) mass is 157 g/mol. The predicted molar refractivity (Wildman–Crippen MR) is 42.3 cm³/mol. The summed E-state index contributed by atoms with van der Waals surface area (Å²) >= 11 is 0. The van der Waals surface area contributed by atoms with Gasteiger partial charge >= 0.3 is 5.97 Å². The smallest absolute Gasteiger partial charge is 0.323 e. The molecule has 1 heterocycles. The Morgan fingerprint density at radius 2 is 2.36 bits per heavy atom. The van der Waals surface area contributed by atoms with Crippen LogP contribution in [-0.2, 0) is 9.53 Å². The molecule has 0 aromatic rings. The maximum atomic E-state index is 11.2. The first kappa shape index (κ1) is 8.53. The second kappa shape index (κ2) is 3.72. The summed E-state index contributed by atoms with van der Waals surface area (Å²) in [4.78, 5) is 11.2. The molecule has 1 unspecified atom stereocenters. The number of hydrogen-bond donors (Lipinski definition) is 1. The number of hydrogen-bond acceptors (Lipinski definition) is 3. The third-order valence-corrected chi connectivity index (χ3v) is 1.70. The van der Waals surface area contributed by atoms with Gasteiger partial charge in [0.15, 0.2) is 0 Å². The molecule has 3 nitrogen and oxygen atoms in total. The number of esters is 1. The maximum Gasteiger partial charge on any atom is 0.323 e. The summed E-state index contributed by atoms with van der Waals surface area (Å²) in [5.41, 5.74) is 0. The first-order valence-corrected chi connectivity index (χ1v) is 4.14. The summed E-state index contributed by atoms with van der Waals surface area (Å²) in [6, 6.07) is -0.0441. The molecule has 1 saturated heterocycles. The third-order valence-electron chi connectivity index (χ3n) is 1.70. The first-order valence-electron chi connectivity index (χ1n) is 4.14. The Labute approximate surface area is 67.1 Å². The van der Waals surface area contributed by atoms with E-state index in [4.69, 9.17) is 4.74 Å². The molecule has 1 aliphatic heterocycles. The van der Waals surface area contributed by atoms with Gasteiger partial charge in [0.25, 0.3) is 0 Å². The van der Waals surface area contributed by atoms with Crippen LogP contribution in [-0.4, -0.2) is 24.7 Å². The van der Waals surface area contributed by atoms with Crippen LogP contribution in [0.3, 0.4) is 0 Å². The Morgan fingerprint density at radius 1 is 1.64 bits per heavy atom. The highest BCUT2D eigenvalue weighted by Gasteiger charge is 2.23. The molecule has 0 radical (unpaired) electrons. The van der Waals surface area contributed by atoms with E-state index < -0.39 is 0 Å². The van der Waals surface area contributed by atoms with E-state index in [2.05, 4.69) is 5.32 Å². The van der Waals surface area contributed by atoms with Crippen molar-refractivity contribution < 1.29 is 9.53 Å². The number of ether oxygens (including phenoxy) is 1. The highest BCUT2D eigenvalue weighted by atomic mass is 16.5. The zero-order chi connectivity index (χ0) is 8.27. The minimum absolute atomic E-state index is 0.00454. The fourth-order valence-corrected chi connectivity index (χ4v) is 1.20. The summed E-state index contributed by atoms with van der Waals surface area (Å²) in [5.74, 6) is -0.0995. The van der Waals surface area contributed by atoms with Gasteiger partial charge in [-0.2, -0.15) is 0 Å². The van der Waals surface area contributed by atoms with Crippen LogP contribution in [0, 0.1) is 0 Å². The summed E-state index contributed by atoms with van der Waals surface area (Å²) < 4.78 is 5.03. The van der Waals surface area contributed by atoms with Gasteiger partial charge in [0, 0.05) is 0 Å². The van der Waals surface area contributed by atoms with Gasteiger partial charge in [0.05, 0.1) is 6.10 Å². The van der Waals surface area contributed by atoms with Crippen molar-refractivity contribution in [1.82, 2.24) is 5.32 Å². The number of carbonyl (C=O) groups is 1. The lowest BCUT2D eigenvalue weighted by Crippen LogP contribution is -2.33. The van der Waals surface area contributed by atoms with Crippen LogP contribution in [0.5, 0.6) is 0 Å². The highest BCUT2D eigenvalue weighted by molar-refractivity contribution is 5.76. The van der Waals surface area contributed by atoms with Gasteiger partial charge < -0.3 is 10.1 Å². The van der Waals surface area contributed by atoms with Crippen LogP contribution >= 0.6 is 0 Å². The normalized spacial score (nSPS) is 24.1. The average molecular weight is 157 g/mol. The van der Waals surface area contributed by atoms with Crippen LogP contribution in [0.15, 0.2) is 0 Å². The quantitative estimate of drug-likeness (QED) is 0.599. The molecule has 0 spiro atoms. The summed E-state index contributed by atoms with van der Waals surface area (Å²) in [7, 11) is 0. The Kier molecular flexibility index (Phi) is 2.88. The predicted octanol–water partition coefficient (Wildman–Crippen LogP) is 0.690. The zero-order valence-electron chi connectivity index (χ0n) is 7.09. The lowest BCUT2D eigenvalue weighted by Gasteiger charge is -2.12. The lowest BCUT2D eigenvalue weighted by molar-refractivity contribution is -0.149. The second-order valence-corrected chi connectivity index (χ2v) is 3.13. The van der Waals surface area contributed by atoms with E-state index in [0.29, 0.717) is 0 Å². The molecule has 1 atom stereocenters. The molecule has 1 aliphatic rings. The number of rotatable bonds is 2. The van der Waals surface area contributed by atoms with Crippen molar-refractivity contribution in [2.24, 2.45) is 0 Å². The lowest BCUT2D eigenvalue weighted by atomic mass is 10.2. The molecule has 1 fully saturated rings. The van der Waals surface area contributed by atoms with Crippen molar-refractivity contribution >= 4 is 5.97 Å². The highest BCUT2D eigenvalue weighted by Crippen LogP contribution is 2.07. The summed E-state index contributed by atoms with van der Waals surface area (Å²) in [6.45, 7) is 4.68. The summed E-state index contributed by atoms with van der Waals surface area (Å²) in [5, 5.41) is 3.09. The van der Waals surface area contributed by atoms with Crippen LogP contribution in [0.2, 0.25) is 0 Å². The van der Waals surface area contributed by atoms with Gasteiger partial charge in [-0.3, -0.25) is 4.79 Å². The van der Waals surface area contributed by atoms with Crippen molar-refractivity contribution in [1.29, 1.82) is 0 Å². The van der Waals surface area contributed by atoms with Crippen molar-refractivity contribution in [3.05, 3.63) is 0 Å². The molecule has 0 aromatic heterocycles. The molecular formula is C8H15NO2. The second-order valence-electron chi connectivity index (χ2n) is 3.13. The fraction of sp³-hybridized carbons (Fsp3) is 0.875. The van der Waals surface area contributed by atoms with E-state index in [1.54, 1.807) is 0 Å². The van der Waals surface area contributed by atoms with Crippen LogP contribution in [0.4, 0.5) is 0 Å². The minimum atomic E-state index is -0.0995. The van der Waals surface area contributed by atoms with E-state index in [1.165, 1.54) is 0 Å². The van der Waals surface area contributed by atoms with Gasteiger partial charge in [-0.1, -0.05) is 0 Å². The Hall–Kier alpha value is -0.570. The average Bonchev–Trinajstić information content (AvgIpc) is 2.35. The van der Waals surface area contributed by atoms with Crippen molar-refractivity contribution in [2.75, 3.05) is 6.54 Å². The largest absolute Gasteiger partial charge is 0.462 e. The molecule has 0 aromatic carbocycles. The molecule has 0 saturated carbocycles. The number of nitrogens with one attached hydrogen (secondary N) is 1. The standard InChI is InChI=1S/C8H15NO2/c1-6(2)11-8(10)7-4-3-5-9-7/h6-7,9H,3-5H2,1-2H3. The van der Waals surface area contributed by atoms with Crippen molar-refractivity contribution in [3.8, 4) is 0 Å². The molecule has 0 aliphatic carbocycles. The molecule has 0 bridgehead atoms. The molecule has 0 amide bonds. The van der Waals surface area contributed by atoms with E-state index in [0.717, 1.165) is 19.4 Å². The summed E-state index contributed by atoms with van der Waals surface area (Å²) in [6.07, 6.45) is 2.01. The van der Waals surface area contributed by atoms with E-state index in [9.17, 15) is 4.79 Å².